The Morgan fingerprint density at radius 3 is 2.67 bits per heavy atom. The van der Waals surface area contributed by atoms with E-state index in [-0.39, 0.29) is 5.78 Å². The van der Waals surface area contributed by atoms with E-state index < -0.39 is 14.6 Å². The lowest BCUT2D eigenvalue weighted by atomic mass is 10.1. The summed E-state index contributed by atoms with van der Waals surface area (Å²) in [5, 5.41) is 0.527. The molecule has 114 valence electrons. The summed E-state index contributed by atoms with van der Waals surface area (Å²) in [6, 6.07) is 1.81. The summed E-state index contributed by atoms with van der Waals surface area (Å²) in [5.41, 5.74) is 2.03. The van der Waals surface area contributed by atoms with Crippen LogP contribution in [0.2, 0.25) is 0 Å². The van der Waals surface area contributed by atoms with Crippen LogP contribution in [0.1, 0.15) is 21.6 Å². The Balaban J connectivity index is 1.95. The largest absolute Gasteiger partial charge is 0.379 e. The van der Waals surface area contributed by atoms with E-state index in [0.29, 0.717) is 36.9 Å². The summed E-state index contributed by atoms with van der Waals surface area (Å²) >= 11 is 1.04. The number of fused-ring (bicyclic) bond motifs is 1. The van der Waals surface area contributed by atoms with E-state index in [1.807, 2.05) is 13.8 Å². The van der Waals surface area contributed by atoms with Crippen LogP contribution in [0.25, 0.3) is 0 Å². The van der Waals surface area contributed by atoms with Crippen LogP contribution in [-0.4, -0.2) is 54.4 Å². The van der Waals surface area contributed by atoms with Crippen molar-refractivity contribution >= 4 is 27.6 Å². The second-order valence-electron chi connectivity index (χ2n) is 5.13. The summed E-state index contributed by atoms with van der Waals surface area (Å²) < 4.78 is 30.7. The maximum Gasteiger partial charge on any atom is 0.234 e. The number of nitrogens with zero attached hydrogens (tertiary/aromatic N) is 2. The summed E-state index contributed by atoms with van der Waals surface area (Å²) in [4.78, 5) is 16.8. The van der Waals surface area contributed by atoms with Gasteiger partial charge in [0.1, 0.15) is 5.03 Å². The van der Waals surface area contributed by atoms with Gasteiger partial charge >= 0.3 is 0 Å². The normalized spacial score (nSPS) is 23.3. The van der Waals surface area contributed by atoms with E-state index >= 15 is 0 Å². The molecule has 1 atom stereocenters. The highest BCUT2D eigenvalue weighted by Gasteiger charge is 2.45. The highest BCUT2D eigenvalue weighted by Crippen LogP contribution is 2.41. The van der Waals surface area contributed by atoms with Gasteiger partial charge in [-0.1, -0.05) is 11.8 Å². The first kappa shape index (κ1) is 15.0. The maximum absolute atomic E-state index is 12.7. The Labute approximate surface area is 127 Å². The van der Waals surface area contributed by atoms with Crippen LogP contribution in [-0.2, 0) is 14.8 Å². The molecule has 0 saturated carbocycles. The number of sulfonamides is 1. The first-order valence-electron chi connectivity index (χ1n) is 6.67. The van der Waals surface area contributed by atoms with Crippen LogP contribution in [0.5, 0.6) is 0 Å². The van der Waals surface area contributed by atoms with Gasteiger partial charge in [-0.05, 0) is 25.5 Å². The quantitative estimate of drug-likeness (QED) is 0.805. The lowest BCUT2D eigenvalue weighted by Gasteiger charge is -2.27. The van der Waals surface area contributed by atoms with Gasteiger partial charge in [-0.3, -0.25) is 4.79 Å². The topological polar surface area (TPSA) is 76.6 Å². The number of hydrogen-bond donors (Lipinski definition) is 0. The predicted molar refractivity (Wildman–Crippen MR) is 79.0 cm³/mol. The molecule has 0 bridgehead atoms. The predicted octanol–water partition coefficient (Wildman–Crippen LogP) is 0.975. The van der Waals surface area contributed by atoms with E-state index in [0.717, 1.165) is 23.0 Å². The summed E-state index contributed by atoms with van der Waals surface area (Å²) in [5.74, 6) is -0.355. The van der Waals surface area contributed by atoms with Gasteiger partial charge < -0.3 is 4.74 Å². The fourth-order valence-corrected chi connectivity index (χ4v) is 6.04. The lowest BCUT2D eigenvalue weighted by Crippen LogP contribution is -2.45. The average molecular weight is 328 g/mol. The number of rotatable bonds is 2. The minimum atomic E-state index is -3.68. The number of pyridine rings is 1. The van der Waals surface area contributed by atoms with Crippen LogP contribution in [0.3, 0.4) is 0 Å². The molecule has 0 N–H and O–H groups in total. The number of aromatic nitrogens is 1. The van der Waals surface area contributed by atoms with Gasteiger partial charge in [-0.25, -0.2) is 13.4 Å². The molecule has 1 fully saturated rings. The molecule has 1 aromatic rings. The second-order valence-corrected chi connectivity index (χ2v) is 8.54. The van der Waals surface area contributed by atoms with Crippen molar-refractivity contribution in [2.24, 2.45) is 0 Å². The molecule has 1 unspecified atom stereocenters. The first-order valence-corrected chi connectivity index (χ1v) is 9.05. The number of hydrogen-bond acceptors (Lipinski definition) is 6. The van der Waals surface area contributed by atoms with Crippen LogP contribution in [0, 0.1) is 13.8 Å². The number of aryl methyl sites for hydroxylation is 2. The molecule has 0 radical (unpaired) electrons. The van der Waals surface area contributed by atoms with Crippen LogP contribution in [0.4, 0.5) is 0 Å². The van der Waals surface area contributed by atoms with E-state index in [1.165, 1.54) is 4.31 Å². The molecule has 2 aliphatic rings. The van der Waals surface area contributed by atoms with Gasteiger partial charge in [-0.2, -0.15) is 4.31 Å². The molecule has 2 aliphatic heterocycles. The molecule has 1 saturated heterocycles. The molecule has 6 nitrogen and oxygen atoms in total. The van der Waals surface area contributed by atoms with Crippen LogP contribution >= 0.6 is 11.8 Å². The van der Waals surface area contributed by atoms with Gasteiger partial charge in [0.2, 0.25) is 10.0 Å². The molecule has 0 amide bonds. The number of ether oxygens (including phenoxy) is 1. The average Bonchev–Trinajstić information content (AvgIpc) is 2.77. The lowest BCUT2D eigenvalue weighted by molar-refractivity contribution is 0.0726. The Morgan fingerprint density at radius 2 is 2.00 bits per heavy atom. The molecule has 3 heterocycles. The van der Waals surface area contributed by atoms with Gasteiger partial charge in [0.15, 0.2) is 10.4 Å². The van der Waals surface area contributed by atoms with Crippen molar-refractivity contribution < 1.29 is 17.9 Å². The van der Waals surface area contributed by atoms with Crippen molar-refractivity contribution in [2.45, 2.75) is 23.5 Å². The van der Waals surface area contributed by atoms with Crippen molar-refractivity contribution in [3.8, 4) is 0 Å². The number of thioether (sulfide) groups is 1. The number of carbonyl (C=O) groups is 1. The molecule has 0 aromatic carbocycles. The van der Waals surface area contributed by atoms with Gasteiger partial charge in [0.25, 0.3) is 0 Å². The SMILES string of the molecule is Cc1cc(C)c2c(n1)SC(S(=O)(=O)N1CCOCC1)C2=O. The van der Waals surface area contributed by atoms with Gasteiger partial charge in [0, 0.05) is 18.8 Å². The van der Waals surface area contributed by atoms with E-state index in [2.05, 4.69) is 4.98 Å². The van der Waals surface area contributed by atoms with E-state index in [1.54, 1.807) is 6.07 Å². The third-order valence-electron chi connectivity index (χ3n) is 3.59. The molecule has 0 spiro atoms. The van der Waals surface area contributed by atoms with E-state index in [9.17, 15) is 13.2 Å². The zero-order valence-electron chi connectivity index (χ0n) is 11.8. The summed E-state index contributed by atoms with van der Waals surface area (Å²) in [7, 11) is -3.68. The molecular formula is C13H16N2O4S2. The van der Waals surface area contributed by atoms with Crippen molar-refractivity contribution in [3.63, 3.8) is 0 Å². The van der Waals surface area contributed by atoms with Gasteiger partial charge in [0.05, 0.1) is 18.8 Å². The Hall–Kier alpha value is -0.960. The third kappa shape index (κ3) is 2.50. The first-order chi connectivity index (χ1) is 9.91. The van der Waals surface area contributed by atoms with E-state index in [4.69, 9.17) is 4.74 Å². The smallest absolute Gasteiger partial charge is 0.234 e. The Kier molecular flexibility index (Phi) is 3.81. The molecule has 8 heteroatoms. The van der Waals surface area contributed by atoms with Crippen LogP contribution < -0.4 is 0 Å². The minimum Gasteiger partial charge on any atom is -0.379 e. The zero-order valence-corrected chi connectivity index (χ0v) is 13.5. The highest BCUT2D eigenvalue weighted by atomic mass is 32.3. The minimum absolute atomic E-state index is 0.300. The van der Waals surface area contributed by atoms with Crippen LogP contribution in [0.15, 0.2) is 11.1 Å². The molecular weight excluding hydrogens is 312 g/mol. The maximum atomic E-state index is 12.7. The molecule has 21 heavy (non-hydrogen) atoms. The molecule has 1 aromatic heterocycles. The summed E-state index contributed by atoms with van der Waals surface area (Å²) in [6.07, 6.45) is 0. The summed E-state index contributed by atoms with van der Waals surface area (Å²) in [6.45, 7) is 4.99. The van der Waals surface area contributed by atoms with Crippen molar-refractivity contribution in [1.29, 1.82) is 0 Å². The third-order valence-corrected chi connectivity index (χ3v) is 7.40. The monoisotopic (exact) mass is 328 g/mol. The number of Topliss-reactive ketones (excluding diaryl/α,β-unsaturated/α-hetero) is 1. The fraction of sp³-hybridized carbons (Fsp3) is 0.538. The number of carbonyl (C=O) groups excluding carboxylic acids is 1. The zero-order chi connectivity index (χ0) is 15.2. The van der Waals surface area contributed by atoms with Gasteiger partial charge in [-0.15, -0.1) is 0 Å². The fourth-order valence-electron chi connectivity index (χ4n) is 2.59. The van der Waals surface area contributed by atoms with Crippen molar-refractivity contribution in [3.05, 3.63) is 22.9 Å². The second kappa shape index (κ2) is 5.35. The van der Waals surface area contributed by atoms with Crippen molar-refractivity contribution in [1.82, 2.24) is 9.29 Å². The molecule has 3 rings (SSSR count). The van der Waals surface area contributed by atoms with Crippen molar-refractivity contribution in [2.75, 3.05) is 26.3 Å². The highest BCUT2D eigenvalue weighted by molar-refractivity contribution is 8.14. The Morgan fingerprint density at radius 1 is 1.33 bits per heavy atom. The standard InChI is InChI=1S/C13H16N2O4S2/c1-8-7-9(2)14-12-10(8)11(16)13(20-12)21(17,18)15-3-5-19-6-4-15/h7,13H,3-6H2,1-2H3. The molecule has 0 aliphatic carbocycles. The Bertz CT molecular complexity index is 696. The number of ketones is 1. The number of morpholine rings is 1.